The Morgan fingerprint density at radius 1 is 1.50 bits per heavy atom. The molecule has 1 atom stereocenters. The van der Waals surface area contributed by atoms with Gasteiger partial charge < -0.3 is 5.32 Å². The van der Waals surface area contributed by atoms with Crippen molar-refractivity contribution in [2.45, 2.75) is 30.0 Å². The molecule has 0 fully saturated rings. The normalized spacial score (nSPS) is 11.9. The quantitative estimate of drug-likeness (QED) is 0.288. The summed E-state index contributed by atoms with van der Waals surface area (Å²) in [6, 6.07) is 7.41. The summed E-state index contributed by atoms with van der Waals surface area (Å²) >= 11 is 14.0. The second-order valence-corrected chi connectivity index (χ2v) is 8.96. The second-order valence-electron chi connectivity index (χ2n) is 5.87. The molecule has 0 aliphatic rings. The predicted octanol–water partition coefficient (Wildman–Crippen LogP) is 4.95. The molecule has 146 valence electrons. The van der Waals surface area contributed by atoms with Crippen molar-refractivity contribution in [3.63, 3.8) is 0 Å². The molecule has 0 saturated heterocycles. The lowest BCUT2D eigenvalue weighted by molar-refractivity contribution is -0.115. The molecule has 28 heavy (non-hydrogen) atoms. The van der Waals surface area contributed by atoms with E-state index in [9.17, 15) is 4.79 Å². The van der Waals surface area contributed by atoms with Crippen molar-refractivity contribution >= 4 is 58.0 Å². The molecule has 0 bridgehead atoms. The van der Waals surface area contributed by atoms with Crippen molar-refractivity contribution in [1.29, 1.82) is 0 Å². The Morgan fingerprint density at radius 2 is 2.25 bits per heavy atom. The smallest absolute Gasteiger partial charge is 0.239 e. The first kappa shape index (κ1) is 20.8. The highest BCUT2D eigenvalue weighted by molar-refractivity contribution is 8.00. The maximum absolute atomic E-state index is 12.5. The molecule has 0 saturated carbocycles. The zero-order valence-electron chi connectivity index (χ0n) is 15.0. The monoisotopic (exact) mass is 451 g/mol. The molecule has 2 aromatic heterocycles. The van der Waals surface area contributed by atoms with Gasteiger partial charge >= 0.3 is 0 Å². The van der Waals surface area contributed by atoms with Crippen molar-refractivity contribution < 1.29 is 4.79 Å². The molecule has 6 nitrogen and oxygen atoms in total. The fourth-order valence-corrected chi connectivity index (χ4v) is 4.32. The number of rotatable bonds is 8. The summed E-state index contributed by atoms with van der Waals surface area (Å²) in [7, 11) is 0. The Kier molecular flexibility index (Phi) is 7.06. The Morgan fingerprint density at radius 3 is 2.96 bits per heavy atom. The lowest BCUT2D eigenvalue weighted by atomic mass is 10.3. The van der Waals surface area contributed by atoms with Crippen LogP contribution in [-0.2, 0) is 17.8 Å². The molecular formula is C18H18ClN5OS3. The van der Waals surface area contributed by atoms with E-state index in [1.54, 1.807) is 6.08 Å². The van der Waals surface area contributed by atoms with Crippen LogP contribution in [0.4, 0.5) is 5.13 Å². The lowest BCUT2D eigenvalue weighted by Crippen LogP contribution is -2.22. The topological polar surface area (TPSA) is 75.6 Å². The summed E-state index contributed by atoms with van der Waals surface area (Å²) in [5.41, 5.74) is 0.817. The van der Waals surface area contributed by atoms with Crippen LogP contribution < -0.4 is 5.32 Å². The molecule has 1 unspecified atom stereocenters. The predicted molar refractivity (Wildman–Crippen MR) is 118 cm³/mol. The van der Waals surface area contributed by atoms with Gasteiger partial charge in [-0.25, -0.2) is 4.98 Å². The number of hydrogen-bond acceptors (Lipinski definition) is 6. The van der Waals surface area contributed by atoms with E-state index >= 15 is 0 Å². The fraction of sp³-hybridized carbons (Fsp3) is 0.222. The fourth-order valence-electron chi connectivity index (χ4n) is 2.39. The summed E-state index contributed by atoms with van der Waals surface area (Å²) in [4.78, 5) is 17.9. The Bertz CT molecular complexity index is 1020. The van der Waals surface area contributed by atoms with E-state index in [0.717, 1.165) is 16.4 Å². The number of thioether (sulfide) groups is 1. The van der Waals surface area contributed by atoms with E-state index in [1.165, 1.54) is 23.1 Å². The van der Waals surface area contributed by atoms with Crippen molar-refractivity contribution in [3.8, 4) is 0 Å². The zero-order chi connectivity index (χ0) is 20.1. The zero-order valence-corrected chi connectivity index (χ0v) is 18.2. The van der Waals surface area contributed by atoms with Gasteiger partial charge in [0.15, 0.2) is 9.90 Å². The van der Waals surface area contributed by atoms with Gasteiger partial charge in [0.1, 0.15) is 5.82 Å². The van der Waals surface area contributed by atoms with Gasteiger partial charge in [0.25, 0.3) is 0 Å². The second kappa shape index (κ2) is 9.51. The van der Waals surface area contributed by atoms with Crippen LogP contribution >= 0.6 is 46.9 Å². The van der Waals surface area contributed by atoms with E-state index < -0.39 is 0 Å². The Hall–Kier alpha value is -1.94. The third kappa shape index (κ3) is 5.32. The van der Waals surface area contributed by atoms with Crippen LogP contribution in [0.5, 0.6) is 0 Å². The number of hydrogen-bond donors (Lipinski definition) is 2. The van der Waals surface area contributed by atoms with E-state index in [2.05, 4.69) is 27.1 Å². The highest BCUT2D eigenvalue weighted by atomic mass is 35.5. The van der Waals surface area contributed by atoms with Crippen molar-refractivity contribution in [1.82, 2.24) is 19.7 Å². The summed E-state index contributed by atoms with van der Waals surface area (Å²) in [6.45, 7) is 6.17. The highest BCUT2D eigenvalue weighted by Gasteiger charge is 2.17. The number of carbonyl (C=O) groups excluding carboxylic acids is 1. The first-order valence-electron chi connectivity index (χ1n) is 8.38. The van der Waals surface area contributed by atoms with Crippen LogP contribution in [0.2, 0.25) is 5.02 Å². The largest absolute Gasteiger partial charge is 0.301 e. The van der Waals surface area contributed by atoms with Gasteiger partial charge in [0, 0.05) is 21.8 Å². The van der Waals surface area contributed by atoms with Crippen LogP contribution in [0, 0.1) is 4.77 Å². The number of allylic oxidation sites excluding steroid dienone is 1. The lowest BCUT2D eigenvalue weighted by Gasteiger charge is -2.10. The third-order valence-corrected chi connectivity index (χ3v) is 6.25. The third-order valence-electron chi connectivity index (χ3n) is 3.77. The number of thiazole rings is 1. The van der Waals surface area contributed by atoms with Gasteiger partial charge in [-0.1, -0.05) is 17.7 Å². The average Bonchev–Trinajstić information content (AvgIpc) is 3.25. The molecule has 1 amide bonds. The molecule has 3 aromatic rings. The maximum atomic E-state index is 12.5. The van der Waals surface area contributed by atoms with Crippen LogP contribution in [-0.4, -0.2) is 30.9 Å². The Labute approximate surface area is 181 Å². The minimum Gasteiger partial charge on any atom is -0.301 e. The van der Waals surface area contributed by atoms with Crippen LogP contribution in [0.15, 0.2) is 47.2 Å². The van der Waals surface area contributed by atoms with Crippen LogP contribution in [0.3, 0.4) is 0 Å². The maximum Gasteiger partial charge on any atom is 0.239 e. The van der Waals surface area contributed by atoms with Crippen LogP contribution in [0.25, 0.3) is 0 Å². The van der Waals surface area contributed by atoms with Crippen molar-refractivity contribution in [3.05, 3.63) is 63.6 Å². The molecular weight excluding hydrogens is 434 g/mol. The first-order chi connectivity index (χ1) is 13.5. The number of aromatic nitrogens is 4. The highest BCUT2D eigenvalue weighted by Crippen LogP contribution is 2.26. The molecule has 0 spiro atoms. The van der Waals surface area contributed by atoms with Crippen LogP contribution in [0.1, 0.15) is 18.4 Å². The molecule has 10 heteroatoms. The number of carbonyl (C=O) groups is 1. The summed E-state index contributed by atoms with van der Waals surface area (Å²) in [6.07, 6.45) is 2.28. The minimum atomic E-state index is -0.266. The molecule has 2 heterocycles. The number of nitrogens with zero attached hydrogens (tertiary/aromatic N) is 3. The number of benzene rings is 1. The summed E-state index contributed by atoms with van der Waals surface area (Å²) in [5.74, 6) is 0.676. The summed E-state index contributed by atoms with van der Waals surface area (Å²) < 4.78 is 2.41. The standard InChI is InChI=1S/C18H18ClN5OS3/c1-3-8-24-15(22-23-18(24)26)9-13-10-27-17(20-13)21-16(25)11(2)28-14-6-4-12(19)5-7-14/h3-7,10-11H,1,8-9H2,2H3,(H,23,26)(H,20,21,25). The molecule has 2 N–H and O–H groups in total. The van der Waals surface area contributed by atoms with E-state index in [4.69, 9.17) is 23.8 Å². The molecule has 1 aromatic carbocycles. The number of amides is 1. The molecule has 0 aliphatic heterocycles. The van der Waals surface area contributed by atoms with E-state index in [1.807, 2.05) is 41.1 Å². The average molecular weight is 452 g/mol. The number of H-pyrrole nitrogens is 1. The number of nitrogens with one attached hydrogen (secondary N) is 2. The van der Waals surface area contributed by atoms with Gasteiger partial charge in [0.05, 0.1) is 17.4 Å². The summed E-state index contributed by atoms with van der Waals surface area (Å²) in [5, 5.41) is 12.8. The Balaban J connectivity index is 1.60. The van der Waals surface area contributed by atoms with Gasteiger partial charge in [-0.2, -0.15) is 5.10 Å². The van der Waals surface area contributed by atoms with E-state index in [-0.39, 0.29) is 11.2 Å². The number of aromatic amines is 1. The van der Waals surface area contributed by atoms with Gasteiger partial charge in [0.2, 0.25) is 5.91 Å². The van der Waals surface area contributed by atoms with Gasteiger partial charge in [-0.3, -0.25) is 14.5 Å². The molecule has 0 radical (unpaired) electrons. The van der Waals surface area contributed by atoms with Gasteiger partial charge in [-0.05, 0) is 43.4 Å². The molecule has 0 aliphatic carbocycles. The molecule has 3 rings (SSSR count). The van der Waals surface area contributed by atoms with E-state index in [0.29, 0.717) is 27.9 Å². The van der Waals surface area contributed by atoms with Crippen molar-refractivity contribution in [2.75, 3.05) is 5.32 Å². The number of halogens is 1. The SMILES string of the molecule is C=CCn1c(Cc2csc(NC(=O)C(C)Sc3ccc(Cl)cc3)n2)n[nH]c1=S. The van der Waals surface area contributed by atoms with Crippen molar-refractivity contribution in [2.24, 2.45) is 0 Å². The van der Waals surface area contributed by atoms with Gasteiger partial charge in [-0.15, -0.1) is 29.7 Å². The first-order valence-corrected chi connectivity index (χ1v) is 10.9. The minimum absolute atomic E-state index is 0.102. The number of anilines is 1.